The van der Waals surface area contributed by atoms with Gasteiger partial charge < -0.3 is 14.8 Å². The third-order valence-electron chi connectivity index (χ3n) is 3.03. The molecule has 0 spiro atoms. The fraction of sp³-hybridized carbons (Fsp3) is 0.800. The van der Waals surface area contributed by atoms with E-state index in [4.69, 9.17) is 0 Å². The second-order valence-corrected chi connectivity index (χ2v) is 6.09. The summed E-state index contributed by atoms with van der Waals surface area (Å²) in [6.45, 7) is 14.5. The first-order valence-corrected chi connectivity index (χ1v) is 6.83. The van der Waals surface area contributed by atoms with Gasteiger partial charge in [0.25, 0.3) is 0 Å². The van der Waals surface area contributed by atoms with Crippen molar-refractivity contribution in [3.05, 3.63) is 12.3 Å². The lowest BCUT2D eigenvalue weighted by atomic mass is 9.83. The number of hydrogen-bond donors (Lipinski definition) is 1. The number of piperidine rings is 1. The van der Waals surface area contributed by atoms with Crippen molar-refractivity contribution in [1.29, 1.82) is 0 Å². The molecule has 0 bridgehead atoms. The van der Waals surface area contributed by atoms with Crippen molar-refractivity contribution >= 4 is 5.97 Å². The summed E-state index contributed by atoms with van der Waals surface area (Å²) < 4.78 is 9.03. The minimum Gasteiger partial charge on any atom is -0.490 e. The van der Waals surface area contributed by atoms with E-state index in [2.05, 4.69) is 49.1 Å². The minimum atomic E-state index is -0.500. The van der Waals surface area contributed by atoms with Gasteiger partial charge in [0.15, 0.2) is 5.76 Å². The summed E-state index contributed by atoms with van der Waals surface area (Å²) in [6.07, 6.45) is 4.00. The predicted octanol–water partition coefficient (Wildman–Crippen LogP) is 3.03. The number of esters is 1. The van der Waals surface area contributed by atoms with E-state index >= 15 is 0 Å². The van der Waals surface area contributed by atoms with E-state index in [1.165, 1.54) is 26.4 Å². The summed E-state index contributed by atoms with van der Waals surface area (Å²) in [5.74, 6) is -0.461. The molecule has 0 amide bonds. The zero-order valence-electron chi connectivity index (χ0n) is 13.3. The van der Waals surface area contributed by atoms with E-state index < -0.39 is 5.97 Å². The third kappa shape index (κ3) is 7.88. The number of rotatable bonds is 3. The topological polar surface area (TPSA) is 47.6 Å². The summed E-state index contributed by atoms with van der Waals surface area (Å²) in [7, 11) is 1.37. The molecule has 0 aromatic carbocycles. The number of carbonyl (C=O) groups is 1. The van der Waals surface area contributed by atoms with Gasteiger partial charge in [0.1, 0.15) is 0 Å². The van der Waals surface area contributed by atoms with Crippen LogP contribution >= 0.6 is 0 Å². The molecule has 0 saturated carbocycles. The molecule has 0 radical (unpaired) electrons. The highest BCUT2D eigenvalue weighted by Gasteiger charge is 2.31. The Kier molecular flexibility index (Phi) is 7.12. The van der Waals surface area contributed by atoms with Crippen LogP contribution in [0.15, 0.2) is 12.3 Å². The Labute approximate surface area is 117 Å². The molecule has 0 aliphatic carbocycles. The van der Waals surface area contributed by atoms with E-state index in [0.29, 0.717) is 17.7 Å². The van der Waals surface area contributed by atoms with Crippen molar-refractivity contribution in [3.8, 4) is 0 Å². The normalized spacial score (nSPS) is 19.7. The highest BCUT2D eigenvalue weighted by Crippen LogP contribution is 2.27. The van der Waals surface area contributed by atoms with Gasteiger partial charge in [-0.1, -0.05) is 0 Å². The van der Waals surface area contributed by atoms with Crippen LogP contribution in [0, 0.1) is 0 Å². The van der Waals surface area contributed by atoms with E-state index in [-0.39, 0.29) is 5.76 Å². The Balaban J connectivity index is 0.000000344. The molecule has 0 unspecified atom stereocenters. The maximum absolute atomic E-state index is 10.5. The third-order valence-corrected chi connectivity index (χ3v) is 3.03. The Bertz CT molecular complexity index is 295. The molecule has 4 heteroatoms. The van der Waals surface area contributed by atoms with E-state index in [9.17, 15) is 4.79 Å². The Morgan fingerprint density at radius 1 is 1.21 bits per heavy atom. The zero-order valence-corrected chi connectivity index (χ0v) is 13.3. The fourth-order valence-electron chi connectivity index (χ4n) is 2.31. The number of methoxy groups -OCH3 is 1. The number of hydrogen-bond acceptors (Lipinski definition) is 4. The largest absolute Gasteiger partial charge is 0.490 e. The Morgan fingerprint density at radius 2 is 1.68 bits per heavy atom. The van der Waals surface area contributed by atoms with Crippen molar-refractivity contribution in [3.63, 3.8) is 0 Å². The van der Waals surface area contributed by atoms with Crippen LogP contribution in [0.5, 0.6) is 0 Å². The first-order chi connectivity index (χ1) is 8.63. The van der Waals surface area contributed by atoms with Gasteiger partial charge >= 0.3 is 5.97 Å². The number of carbonyl (C=O) groups excluding carboxylic acids is 1. The first kappa shape index (κ1) is 18.0. The van der Waals surface area contributed by atoms with Crippen molar-refractivity contribution in [2.45, 2.75) is 65.0 Å². The van der Waals surface area contributed by atoms with Crippen molar-refractivity contribution in [2.75, 3.05) is 13.7 Å². The van der Waals surface area contributed by atoms with Crippen LogP contribution < -0.4 is 5.32 Å². The predicted molar refractivity (Wildman–Crippen MR) is 77.9 cm³/mol. The van der Waals surface area contributed by atoms with Crippen LogP contribution in [0.25, 0.3) is 0 Å². The summed E-state index contributed by atoms with van der Waals surface area (Å²) in [5.41, 5.74) is 0.726. The van der Waals surface area contributed by atoms with E-state index in [0.717, 1.165) is 0 Å². The molecule has 19 heavy (non-hydrogen) atoms. The maximum atomic E-state index is 10.5. The first-order valence-electron chi connectivity index (χ1n) is 6.83. The Hall–Kier alpha value is -1.03. The lowest BCUT2D eigenvalue weighted by Gasteiger charge is -2.42. The lowest BCUT2D eigenvalue weighted by molar-refractivity contribution is -0.141. The molecule has 0 atom stereocenters. The van der Waals surface area contributed by atoms with Crippen LogP contribution in [-0.2, 0) is 14.3 Å². The highest BCUT2D eigenvalue weighted by atomic mass is 16.6. The molecule has 0 aromatic rings. The second-order valence-electron chi connectivity index (χ2n) is 6.09. The molecule has 1 fully saturated rings. The fourth-order valence-corrected chi connectivity index (χ4v) is 2.31. The summed E-state index contributed by atoms with van der Waals surface area (Å²) in [5, 5.41) is 3.63. The average molecular weight is 271 g/mol. The number of nitrogens with one attached hydrogen (secondary N) is 1. The van der Waals surface area contributed by atoms with Crippen LogP contribution in [0.2, 0.25) is 0 Å². The SMILES string of the molecule is C=C(OC)C(=O)OCC.CC1(C)CCCC(C)(C)N1. The molecule has 1 saturated heterocycles. The number of ether oxygens (including phenoxy) is 2. The van der Waals surface area contributed by atoms with Gasteiger partial charge in [0, 0.05) is 11.1 Å². The van der Waals surface area contributed by atoms with E-state index in [1.807, 2.05) is 0 Å². The van der Waals surface area contributed by atoms with Crippen LogP contribution in [-0.4, -0.2) is 30.8 Å². The second kappa shape index (κ2) is 7.53. The molecule has 112 valence electrons. The summed E-state index contributed by atoms with van der Waals surface area (Å²) >= 11 is 0. The van der Waals surface area contributed by atoms with Gasteiger partial charge in [-0.3, -0.25) is 0 Å². The van der Waals surface area contributed by atoms with Crippen LogP contribution in [0.3, 0.4) is 0 Å². The summed E-state index contributed by atoms with van der Waals surface area (Å²) in [6, 6.07) is 0. The molecule has 1 N–H and O–H groups in total. The van der Waals surface area contributed by atoms with Gasteiger partial charge in [0.2, 0.25) is 0 Å². The highest BCUT2D eigenvalue weighted by molar-refractivity contribution is 5.85. The molecule has 1 heterocycles. The maximum Gasteiger partial charge on any atom is 0.372 e. The van der Waals surface area contributed by atoms with Gasteiger partial charge in [-0.15, -0.1) is 0 Å². The molecule has 1 aliphatic rings. The quantitative estimate of drug-likeness (QED) is 0.487. The molecular formula is C15H29NO3. The Morgan fingerprint density at radius 3 is 1.95 bits per heavy atom. The lowest BCUT2D eigenvalue weighted by Crippen LogP contribution is -2.55. The standard InChI is InChI=1S/C9H19N.C6H10O3/c1-8(2)6-5-7-9(3,4)10-8;1-4-9-6(7)5(2)8-3/h10H,5-7H2,1-4H3;2,4H2,1,3H3. The molecule has 4 nitrogen and oxygen atoms in total. The van der Waals surface area contributed by atoms with Gasteiger partial charge in [-0.25, -0.2) is 4.79 Å². The molecule has 1 aliphatic heterocycles. The van der Waals surface area contributed by atoms with Crippen LogP contribution in [0.1, 0.15) is 53.9 Å². The van der Waals surface area contributed by atoms with Gasteiger partial charge in [0.05, 0.1) is 13.7 Å². The molecule has 0 aromatic heterocycles. The molecular weight excluding hydrogens is 242 g/mol. The smallest absolute Gasteiger partial charge is 0.372 e. The average Bonchev–Trinajstić information content (AvgIpc) is 2.26. The minimum absolute atomic E-state index is 0.0388. The van der Waals surface area contributed by atoms with Crippen LogP contribution in [0.4, 0.5) is 0 Å². The molecule has 1 rings (SSSR count). The van der Waals surface area contributed by atoms with Crippen molar-refractivity contribution < 1.29 is 14.3 Å². The summed E-state index contributed by atoms with van der Waals surface area (Å²) in [4.78, 5) is 10.5. The van der Waals surface area contributed by atoms with Gasteiger partial charge in [-0.05, 0) is 60.5 Å². The zero-order chi connectivity index (χ0) is 15.1. The van der Waals surface area contributed by atoms with Gasteiger partial charge in [-0.2, -0.15) is 0 Å². The van der Waals surface area contributed by atoms with Crippen molar-refractivity contribution in [1.82, 2.24) is 5.32 Å². The van der Waals surface area contributed by atoms with E-state index in [1.54, 1.807) is 6.92 Å². The monoisotopic (exact) mass is 271 g/mol. The van der Waals surface area contributed by atoms with Crippen molar-refractivity contribution in [2.24, 2.45) is 0 Å².